The van der Waals surface area contributed by atoms with Crippen LogP contribution < -0.4 is 11.1 Å². The second kappa shape index (κ2) is 6.09. The van der Waals surface area contributed by atoms with Crippen LogP contribution >= 0.6 is 0 Å². The van der Waals surface area contributed by atoms with Crippen molar-refractivity contribution in [3.8, 4) is 0 Å². The first-order chi connectivity index (χ1) is 8.22. The second-order valence-corrected chi connectivity index (χ2v) is 3.61. The normalized spacial score (nSPS) is 9.65. The van der Waals surface area contributed by atoms with Crippen molar-refractivity contribution in [3.05, 3.63) is 30.1 Å². The first-order valence-corrected chi connectivity index (χ1v) is 6.11. The Kier molecular flexibility index (Phi) is 4.76. The van der Waals surface area contributed by atoms with Crippen molar-refractivity contribution < 1.29 is 0 Å². The van der Waals surface area contributed by atoms with E-state index in [0.717, 1.165) is 29.0 Å². The standard InChI is InChI=1S/C12H15N3.C2H6/c1-3-14-12-10-7-15-8(2)6-9(10)4-5-11(12)13;1-2/h4-7,14H,3,13H2,1-2H3;1-2H3. The van der Waals surface area contributed by atoms with Gasteiger partial charge in [0.1, 0.15) is 0 Å². The van der Waals surface area contributed by atoms with Crippen LogP contribution in [0.1, 0.15) is 26.5 Å². The maximum atomic E-state index is 5.92. The molecule has 92 valence electrons. The fourth-order valence-corrected chi connectivity index (χ4v) is 1.72. The van der Waals surface area contributed by atoms with Gasteiger partial charge in [0.15, 0.2) is 0 Å². The number of aryl methyl sites for hydroxylation is 1. The number of pyridine rings is 1. The first kappa shape index (κ1) is 13.3. The lowest BCUT2D eigenvalue weighted by atomic mass is 10.1. The van der Waals surface area contributed by atoms with Gasteiger partial charge in [0.05, 0.1) is 11.4 Å². The largest absolute Gasteiger partial charge is 0.397 e. The lowest BCUT2D eigenvalue weighted by molar-refractivity contribution is 1.20. The molecule has 3 N–H and O–H groups in total. The van der Waals surface area contributed by atoms with Crippen LogP contribution in [-0.4, -0.2) is 11.5 Å². The van der Waals surface area contributed by atoms with Gasteiger partial charge in [0.25, 0.3) is 0 Å². The predicted octanol–water partition coefficient (Wildman–Crippen LogP) is 3.58. The lowest BCUT2D eigenvalue weighted by Crippen LogP contribution is -2.01. The van der Waals surface area contributed by atoms with E-state index in [1.54, 1.807) is 0 Å². The average Bonchev–Trinajstić information content (AvgIpc) is 2.35. The van der Waals surface area contributed by atoms with Crippen molar-refractivity contribution in [2.45, 2.75) is 27.7 Å². The van der Waals surface area contributed by atoms with E-state index in [2.05, 4.69) is 23.3 Å². The number of aromatic nitrogens is 1. The number of benzene rings is 1. The highest BCUT2D eigenvalue weighted by Crippen LogP contribution is 2.28. The van der Waals surface area contributed by atoms with Crippen LogP contribution in [0.15, 0.2) is 24.4 Å². The number of anilines is 2. The van der Waals surface area contributed by atoms with E-state index in [-0.39, 0.29) is 0 Å². The number of nitrogens with two attached hydrogens (primary N) is 1. The topological polar surface area (TPSA) is 50.9 Å². The summed E-state index contributed by atoms with van der Waals surface area (Å²) in [6.07, 6.45) is 1.87. The summed E-state index contributed by atoms with van der Waals surface area (Å²) in [6.45, 7) is 8.90. The highest BCUT2D eigenvalue weighted by atomic mass is 14.9. The molecular formula is C14H21N3. The molecule has 1 aromatic carbocycles. The van der Waals surface area contributed by atoms with Crippen LogP contribution in [0.4, 0.5) is 11.4 Å². The minimum absolute atomic E-state index is 0.773. The zero-order valence-electron chi connectivity index (χ0n) is 11.0. The van der Waals surface area contributed by atoms with Crippen molar-refractivity contribution in [2.75, 3.05) is 17.6 Å². The molecular weight excluding hydrogens is 210 g/mol. The molecule has 1 heterocycles. The van der Waals surface area contributed by atoms with Crippen LogP contribution in [-0.2, 0) is 0 Å². The number of rotatable bonds is 2. The van der Waals surface area contributed by atoms with Gasteiger partial charge in [-0.2, -0.15) is 0 Å². The van der Waals surface area contributed by atoms with Crippen molar-refractivity contribution in [2.24, 2.45) is 0 Å². The van der Waals surface area contributed by atoms with Crippen LogP contribution in [0.2, 0.25) is 0 Å². The van der Waals surface area contributed by atoms with Crippen molar-refractivity contribution in [1.29, 1.82) is 0 Å². The number of hydrogen-bond donors (Lipinski definition) is 2. The number of nitrogen functional groups attached to an aromatic ring is 1. The second-order valence-electron chi connectivity index (χ2n) is 3.61. The van der Waals surface area contributed by atoms with Gasteiger partial charge in [-0.05, 0) is 31.4 Å². The fraction of sp³-hybridized carbons (Fsp3) is 0.357. The monoisotopic (exact) mass is 231 g/mol. The number of nitrogens with one attached hydrogen (secondary N) is 1. The Hall–Kier alpha value is -1.77. The van der Waals surface area contributed by atoms with E-state index < -0.39 is 0 Å². The zero-order chi connectivity index (χ0) is 12.8. The minimum atomic E-state index is 0.773. The highest BCUT2D eigenvalue weighted by Gasteiger charge is 2.04. The lowest BCUT2D eigenvalue weighted by Gasteiger charge is -2.11. The summed E-state index contributed by atoms with van der Waals surface area (Å²) in [5, 5.41) is 5.53. The Balaban J connectivity index is 0.000000686. The molecule has 3 nitrogen and oxygen atoms in total. The van der Waals surface area contributed by atoms with Crippen molar-refractivity contribution in [3.63, 3.8) is 0 Å². The van der Waals surface area contributed by atoms with Gasteiger partial charge in [-0.25, -0.2) is 0 Å². The maximum absolute atomic E-state index is 5.92. The van der Waals surface area contributed by atoms with Crippen LogP contribution in [0.5, 0.6) is 0 Å². The molecule has 0 fully saturated rings. The Morgan fingerprint density at radius 1 is 1.29 bits per heavy atom. The molecule has 0 aliphatic heterocycles. The van der Waals surface area contributed by atoms with Gasteiger partial charge in [0.2, 0.25) is 0 Å². The van der Waals surface area contributed by atoms with Gasteiger partial charge in [0, 0.05) is 23.8 Å². The number of nitrogens with zero attached hydrogens (tertiary/aromatic N) is 1. The highest BCUT2D eigenvalue weighted by molar-refractivity contribution is 5.99. The predicted molar refractivity (Wildman–Crippen MR) is 76.4 cm³/mol. The van der Waals surface area contributed by atoms with Gasteiger partial charge in [-0.3, -0.25) is 4.98 Å². The van der Waals surface area contributed by atoms with Gasteiger partial charge >= 0.3 is 0 Å². The summed E-state index contributed by atoms with van der Waals surface area (Å²) >= 11 is 0. The van der Waals surface area contributed by atoms with Crippen molar-refractivity contribution in [1.82, 2.24) is 4.98 Å². The molecule has 0 saturated carbocycles. The Labute approximate surface area is 103 Å². The molecule has 0 spiro atoms. The van der Waals surface area contributed by atoms with E-state index in [0.29, 0.717) is 0 Å². The van der Waals surface area contributed by atoms with Crippen LogP contribution in [0, 0.1) is 6.92 Å². The molecule has 17 heavy (non-hydrogen) atoms. The molecule has 0 aliphatic carbocycles. The zero-order valence-corrected chi connectivity index (χ0v) is 11.0. The number of hydrogen-bond acceptors (Lipinski definition) is 3. The van der Waals surface area contributed by atoms with Gasteiger partial charge in [-0.15, -0.1) is 0 Å². The third-order valence-electron chi connectivity index (χ3n) is 2.43. The Bertz CT molecular complexity index is 492. The van der Waals surface area contributed by atoms with E-state index in [9.17, 15) is 0 Å². The molecule has 0 saturated heterocycles. The summed E-state index contributed by atoms with van der Waals surface area (Å²) in [6, 6.07) is 6.02. The SMILES string of the molecule is CC.CCNc1c(N)ccc2cc(C)ncc12. The van der Waals surface area contributed by atoms with Gasteiger partial charge < -0.3 is 11.1 Å². The Morgan fingerprint density at radius 3 is 2.65 bits per heavy atom. The molecule has 0 unspecified atom stereocenters. The summed E-state index contributed by atoms with van der Waals surface area (Å²) in [5.74, 6) is 0. The quantitative estimate of drug-likeness (QED) is 0.777. The summed E-state index contributed by atoms with van der Waals surface area (Å²) < 4.78 is 0. The molecule has 0 radical (unpaired) electrons. The number of fused-ring (bicyclic) bond motifs is 1. The fourth-order valence-electron chi connectivity index (χ4n) is 1.72. The molecule has 0 aliphatic rings. The van der Waals surface area contributed by atoms with Crippen LogP contribution in [0.3, 0.4) is 0 Å². The van der Waals surface area contributed by atoms with Crippen molar-refractivity contribution >= 4 is 22.1 Å². The van der Waals surface area contributed by atoms with E-state index in [1.165, 1.54) is 5.39 Å². The maximum Gasteiger partial charge on any atom is 0.0669 e. The molecule has 3 heteroatoms. The van der Waals surface area contributed by atoms with Crippen LogP contribution in [0.25, 0.3) is 10.8 Å². The molecule has 0 atom stereocenters. The smallest absolute Gasteiger partial charge is 0.0669 e. The minimum Gasteiger partial charge on any atom is -0.397 e. The third-order valence-corrected chi connectivity index (χ3v) is 2.43. The summed E-state index contributed by atoms with van der Waals surface area (Å²) in [7, 11) is 0. The summed E-state index contributed by atoms with van der Waals surface area (Å²) in [5.41, 5.74) is 8.70. The van der Waals surface area contributed by atoms with E-state index in [4.69, 9.17) is 5.73 Å². The molecule has 0 amide bonds. The molecule has 2 rings (SSSR count). The van der Waals surface area contributed by atoms with E-state index >= 15 is 0 Å². The third kappa shape index (κ3) is 2.87. The van der Waals surface area contributed by atoms with E-state index in [1.807, 2.05) is 39.1 Å². The Morgan fingerprint density at radius 2 is 2.00 bits per heavy atom. The molecule has 0 bridgehead atoms. The molecule has 2 aromatic rings. The summed E-state index contributed by atoms with van der Waals surface area (Å²) in [4.78, 5) is 4.30. The first-order valence-electron chi connectivity index (χ1n) is 6.11. The van der Waals surface area contributed by atoms with Gasteiger partial charge in [-0.1, -0.05) is 19.9 Å². The average molecular weight is 231 g/mol. The molecule has 1 aromatic heterocycles.